The standard InChI is InChI=1S/C19H15N7O/c1-9-3-5-13-11(7-9)15-17(20-13)22-19(25-23-15)26-24-16-12-8-10(2)4-6-14(12)21-18(16)27/h3-8,21,27H,1-2H3,(H,20,22,25). The molecule has 8 nitrogen and oxygen atoms in total. The van der Waals surface area contributed by atoms with Crippen molar-refractivity contribution >= 4 is 44.6 Å². The van der Waals surface area contributed by atoms with Crippen LogP contribution in [0.3, 0.4) is 0 Å². The van der Waals surface area contributed by atoms with Gasteiger partial charge in [0.05, 0.1) is 5.52 Å². The quantitative estimate of drug-likeness (QED) is 0.396. The molecule has 0 atom stereocenters. The van der Waals surface area contributed by atoms with E-state index in [1.807, 2.05) is 50.2 Å². The summed E-state index contributed by atoms with van der Waals surface area (Å²) in [7, 11) is 0. The van der Waals surface area contributed by atoms with Gasteiger partial charge in [0.1, 0.15) is 5.52 Å². The van der Waals surface area contributed by atoms with E-state index in [0.29, 0.717) is 16.9 Å². The number of aromatic nitrogens is 5. The highest BCUT2D eigenvalue weighted by molar-refractivity contribution is 6.03. The van der Waals surface area contributed by atoms with Crippen LogP contribution in [-0.2, 0) is 0 Å². The monoisotopic (exact) mass is 357 g/mol. The second-order valence-corrected chi connectivity index (χ2v) is 6.55. The molecule has 27 heavy (non-hydrogen) atoms. The van der Waals surface area contributed by atoms with E-state index >= 15 is 0 Å². The zero-order chi connectivity index (χ0) is 18.5. The molecule has 0 spiro atoms. The maximum absolute atomic E-state index is 10.1. The van der Waals surface area contributed by atoms with Crippen LogP contribution in [0.25, 0.3) is 33.0 Å². The lowest BCUT2D eigenvalue weighted by atomic mass is 10.2. The van der Waals surface area contributed by atoms with Crippen molar-refractivity contribution in [2.75, 3.05) is 0 Å². The summed E-state index contributed by atoms with van der Waals surface area (Å²) in [6, 6.07) is 11.8. The van der Waals surface area contributed by atoms with Crippen molar-refractivity contribution in [2.24, 2.45) is 10.2 Å². The second-order valence-electron chi connectivity index (χ2n) is 6.55. The predicted octanol–water partition coefficient (Wildman–Crippen LogP) is 4.73. The highest BCUT2D eigenvalue weighted by atomic mass is 16.3. The van der Waals surface area contributed by atoms with Crippen molar-refractivity contribution in [2.45, 2.75) is 13.8 Å². The molecule has 0 saturated heterocycles. The zero-order valence-electron chi connectivity index (χ0n) is 14.6. The van der Waals surface area contributed by atoms with Crippen LogP contribution in [0.2, 0.25) is 0 Å². The first-order valence-corrected chi connectivity index (χ1v) is 8.44. The van der Waals surface area contributed by atoms with Gasteiger partial charge in [0, 0.05) is 16.3 Å². The van der Waals surface area contributed by atoms with Gasteiger partial charge in [-0.3, -0.25) is 0 Å². The third kappa shape index (κ3) is 2.50. The molecule has 0 fully saturated rings. The van der Waals surface area contributed by atoms with Gasteiger partial charge in [0.25, 0.3) is 5.95 Å². The maximum atomic E-state index is 10.1. The number of azo groups is 1. The number of nitrogens with zero attached hydrogens (tertiary/aromatic N) is 5. The van der Waals surface area contributed by atoms with Gasteiger partial charge in [-0.05, 0) is 38.1 Å². The number of aryl methyl sites for hydroxylation is 2. The fraction of sp³-hybridized carbons (Fsp3) is 0.105. The molecule has 3 heterocycles. The fourth-order valence-electron chi connectivity index (χ4n) is 3.19. The fourth-order valence-corrected chi connectivity index (χ4v) is 3.19. The lowest BCUT2D eigenvalue weighted by Gasteiger charge is -1.94. The number of H-pyrrole nitrogens is 2. The zero-order valence-corrected chi connectivity index (χ0v) is 14.6. The van der Waals surface area contributed by atoms with Crippen molar-refractivity contribution in [1.29, 1.82) is 0 Å². The Bertz CT molecular complexity index is 1360. The summed E-state index contributed by atoms with van der Waals surface area (Å²) in [5, 5.41) is 28.4. The Morgan fingerprint density at radius 1 is 0.852 bits per heavy atom. The van der Waals surface area contributed by atoms with Gasteiger partial charge >= 0.3 is 0 Å². The highest BCUT2D eigenvalue weighted by Gasteiger charge is 2.12. The lowest BCUT2D eigenvalue weighted by Crippen LogP contribution is -1.86. The summed E-state index contributed by atoms with van der Waals surface area (Å²) in [6.45, 7) is 4.00. The number of hydrogen-bond donors (Lipinski definition) is 3. The predicted molar refractivity (Wildman–Crippen MR) is 103 cm³/mol. The number of nitrogens with one attached hydrogen (secondary N) is 2. The van der Waals surface area contributed by atoms with Gasteiger partial charge in [-0.1, -0.05) is 23.3 Å². The van der Waals surface area contributed by atoms with Crippen molar-refractivity contribution in [1.82, 2.24) is 25.1 Å². The van der Waals surface area contributed by atoms with Crippen LogP contribution in [-0.4, -0.2) is 30.3 Å². The third-order valence-electron chi connectivity index (χ3n) is 4.51. The van der Waals surface area contributed by atoms with Gasteiger partial charge in [-0.2, -0.15) is 4.98 Å². The molecule has 2 aromatic carbocycles. The van der Waals surface area contributed by atoms with E-state index in [2.05, 4.69) is 35.4 Å². The molecule has 0 aliphatic heterocycles. The van der Waals surface area contributed by atoms with Gasteiger partial charge < -0.3 is 15.1 Å². The van der Waals surface area contributed by atoms with E-state index in [1.165, 1.54) is 0 Å². The van der Waals surface area contributed by atoms with E-state index in [0.717, 1.165) is 32.9 Å². The lowest BCUT2D eigenvalue weighted by molar-refractivity contribution is 0.459. The number of benzene rings is 2. The van der Waals surface area contributed by atoms with Gasteiger partial charge in [0.15, 0.2) is 11.3 Å². The summed E-state index contributed by atoms with van der Waals surface area (Å²) < 4.78 is 0. The topological polar surface area (TPSA) is 115 Å². The van der Waals surface area contributed by atoms with E-state index < -0.39 is 0 Å². The van der Waals surface area contributed by atoms with Crippen LogP contribution < -0.4 is 0 Å². The minimum absolute atomic E-state index is 0.0468. The molecular formula is C19H15N7O. The summed E-state index contributed by atoms with van der Waals surface area (Å²) in [6.07, 6.45) is 0. The number of aromatic hydroxyl groups is 1. The minimum Gasteiger partial charge on any atom is -0.493 e. The van der Waals surface area contributed by atoms with Crippen molar-refractivity contribution < 1.29 is 5.11 Å². The molecule has 0 radical (unpaired) electrons. The normalized spacial score (nSPS) is 12.1. The molecular weight excluding hydrogens is 342 g/mol. The van der Waals surface area contributed by atoms with Crippen LogP contribution in [0.1, 0.15) is 11.1 Å². The van der Waals surface area contributed by atoms with E-state index in [9.17, 15) is 5.11 Å². The molecule has 0 aliphatic carbocycles. The number of rotatable bonds is 2. The molecule has 5 aromatic rings. The van der Waals surface area contributed by atoms with E-state index in [-0.39, 0.29) is 11.8 Å². The third-order valence-corrected chi connectivity index (χ3v) is 4.51. The molecule has 132 valence electrons. The van der Waals surface area contributed by atoms with Gasteiger partial charge in [-0.25, -0.2) is 0 Å². The van der Waals surface area contributed by atoms with E-state index in [4.69, 9.17) is 0 Å². The summed E-state index contributed by atoms with van der Waals surface area (Å²) in [5.74, 6) is 0.0710. The van der Waals surface area contributed by atoms with Gasteiger partial charge in [0.2, 0.25) is 5.88 Å². The van der Waals surface area contributed by atoms with E-state index in [1.54, 1.807) is 0 Å². The average Bonchev–Trinajstić information content (AvgIpc) is 3.16. The van der Waals surface area contributed by atoms with Crippen molar-refractivity contribution in [3.63, 3.8) is 0 Å². The van der Waals surface area contributed by atoms with Crippen LogP contribution in [0.5, 0.6) is 5.88 Å². The first-order valence-electron chi connectivity index (χ1n) is 8.44. The molecule has 0 aliphatic rings. The summed E-state index contributed by atoms with van der Waals surface area (Å²) in [4.78, 5) is 10.5. The molecule has 5 rings (SSSR count). The van der Waals surface area contributed by atoms with Gasteiger partial charge in [-0.15, -0.1) is 20.4 Å². The second kappa shape index (κ2) is 5.60. The summed E-state index contributed by atoms with van der Waals surface area (Å²) in [5.41, 5.74) is 5.56. The SMILES string of the molecule is Cc1ccc2[nH]c(O)c(N=Nc3nnc4c(n3)[nH]c3ccc(C)cc34)c2c1. The number of fused-ring (bicyclic) bond motifs is 4. The number of hydrogen-bond acceptors (Lipinski definition) is 6. The van der Waals surface area contributed by atoms with Crippen molar-refractivity contribution in [3.05, 3.63) is 47.5 Å². The van der Waals surface area contributed by atoms with Crippen molar-refractivity contribution in [3.8, 4) is 5.88 Å². The first kappa shape index (κ1) is 15.4. The van der Waals surface area contributed by atoms with Crippen LogP contribution in [0, 0.1) is 13.8 Å². The van der Waals surface area contributed by atoms with Crippen LogP contribution in [0.15, 0.2) is 46.6 Å². The molecule has 0 saturated carbocycles. The maximum Gasteiger partial charge on any atom is 0.289 e. The summed E-state index contributed by atoms with van der Waals surface area (Å²) >= 11 is 0. The Labute approximate surface area is 153 Å². The Kier molecular flexibility index (Phi) is 3.20. The Hall–Kier alpha value is -3.81. The minimum atomic E-state index is -0.0468. The van der Waals surface area contributed by atoms with Crippen LogP contribution >= 0.6 is 0 Å². The Morgan fingerprint density at radius 2 is 1.56 bits per heavy atom. The Morgan fingerprint density at radius 3 is 2.33 bits per heavy atom. The number of aromatic amines is 2. The first-order chi connectivity index (χ1) is 13.1. The molecule has 0 unspecified atom stereocenters. The molecule has 0 amide bonds. The molecule has 8 heteroatoms. The highest BCUT2D eigenvalue weighted by Crippen LogP contribution is 2.36. The Balaban J connectivity index is 1.59. The molecule has 3 aromatic heterocycles. The smallest absolute Gasteiger partial charge is 0.289 e. The van der Waals surface area contributed by atoms with Crippen LogP contribution in [0.4, 0.5) is 11.6 Å². The largest absolute Gasteiger partial charge is 0.493 e. The molecule has 3 N–H and O–H groups in total. The molecule has 0 bridgehead atoms. The average molecular weight is 357 g/mol.